The lowest BCUT2D eigenvalue weighted by Gasteiger charge is -2.14. The molecule has 1 atom stereocenters. The number of hydrogen-bond donors (Lipinski definition) is 1. The second-order valence-corrected chi connectivity index (χ2v) is 9.69. The van der Waals surface area contributed by atoms with Crippen LogP contribution in [0.25, 0.3) is 11.3 Å². The highest BCUT2D eigenvalue weighted by molar-refractivity contribution is 8.15. The van der Waals surface area contributed by atoms with Crippen LogP contribution >= 0.6 is 11.8 Å². The average Bonchev–Trinajstić information content (AvgIpc) is 3.70. The number of carbonyl (C=O) groups is 2. The van der Waals surface area contributed by atoms with Crippen LogP contribution in [-0.4, -0.2) is 40.0 Å². The van der Waals surface area contributed by atoms with E-state index in [1.807, 2.05) is 43.3 Å². The number of rotatable bonds is 10. The van der Waals surface area contributed by atoms with Gasteiger partial charge in [-0.2, -0.15) is 5.10 Å². The maximum absolute atomic E-state index is 13.3. The fourth-order valence-corrected chi connectivity index (χ4v) is 5.01. The zero-order chi connectivity index (χ0) is 27.0. The van der Waals surface area contributed by atoms with Crippen LogP contribution in [0.4, 0.5) is 5.69 Å². The van der Waals surface area contributed by atoms with Crippen LogP contribution < -0.4 is 10.1 Å². The Morgan fingerprint density at radius 3 is 2.64 bits per heavy atom. The normalized spacial score (nSPS) is 16.3. The van der Waals surface area contributed by atoms with Crippen LogP contribution in [0.5, 0.6) is 5.75 Å². The van der Waals surface area contributed by atoms with Crippen molar-refractivity contribution < 1.29 is 23.2 Å². The van der Waals surface area contributed by atoms with E-state index in [4.69, 9.17) is 13.6 Å². The van der Waals surface area contributed by atoms with Gasteiger partial charge in [-0.3, -0.25) is 14.5 Å². The maximum atomic E-state index is 13.3. The molecule has 0 saturated carbocycles. The van der Waals surface area contributed by atoms with Crippen molar-refractivity contribution in [2.75, 3.05) is 11.9 Å². The first-order chi connectivity index (χ1) is 19.1. The number of amidine groups is 1. The van der Waals surface area contributed by atoms with Gasteiger partial charge in [-0.15, -0.1) is 5.10 Å². The number of ether oxygens (including phenoxy) is 1. The van der Waals surface area contributed by atoms with Gasteiger partial charge in [0.2, 0.25) is 11.8 Å². The van der Waals surface area contributed by atoms with Crippen LogP contribution in [0.3, 0.4) is 0 Å². The second kappa shape index (κ2) is 12.3. The van der Waals surface area contributed by atoms with Gasteiger partial charge < -0.3 is 18.9 Å². The molecule has 198 valence electrons. The highest BCUT2D eigenvalue weighted by atomic mass is 32.2. The van der Waals surface area contributed by atoms with Gasteiger partial charge in [0.05, 0.1) is 25.6 Å². The fraction of sp³-hybridized carbons (Fsp3) is 0.172. The summed E-state index contributed by atoms with van der Waals surface area (Å²) in [6.07, 6.45) is 3.01. The zero-order valence-electron chi connectivity index (χ0n) is 21.2. The molecule has 1 saturated heterocycles. The van der Waals surface area contributed by atoms with Gasteiger partial charge in [-0.05, 0) is 55.5 Å². The van der Waals surface area contributed by atoms with Crippen LogP contribution in [0.2, 0.25) is 0 Å². The number of nitrogens with one attached hydrogen (secondary N) is 1. The molecule has 9 nitrogen and oxygen atoms in total. The molecule has 0 aliphatic carbocycles. The Kier molecular flexibility index (Phi) is 8.23. The van der Waals surface area contributed by atoms with Gasteiger partial charge in [0, 0.05) is 17.7 Å². The molecule has 39 heavy (non-hydrogen) atoms. The lowest BCUT2D eigenvalue weighted by Crippen LogP contribution is -2.33. The predicted octanol–water partition coefficient (Wildman–Crippen LogP) is 5.80. The fourth-order valence-electron chi connectivity index (χ4n) is 3.92. The summed E-state index contributed by atoms with van der Waals surface area (Å²) in [6, 6.07) is 24.0. The molecular formula is C29H26N4O5S. The lowest BCUT2D eigenvalue weighted by molar-refractivity contribution is -0.128. The number of nitrogens with zero attached hydrogens (tertiary/aromatic N) is 3. The van der Waals surface area contributed by atoms with Gasteiger partial charge in [0.25, 0.3) is 0 Å². The molecule has 1 N–H and O–H groups in total. The molecule has 1 aliphatic heterocycles. The molecule has 0 spiro atoms. The number of furan rings is 2. The van der Waals surface area contributed by atoms with Crippen molar-refractivity contribution in [2.45, 2.75) is 25.1 Å². The summed E-state index contributed by atoms with van der Waals surface area (Å²) in [6.45, 7) is 2.65. The van der Waals surface area contributed by atoms with Crippen LogP contribution in [0.15, 0.2) is 104 Å². The summed E-state index contributed by atoms with van der Waals surface area (Å²) in [4.78, 5) is 27.5. The summed E-state index contributed by atoms with van der Waals surface area (Å²) in [5.74, 6) is 2.04. The van der Waals surface area contributed by atoms with E-state index in [0.717, 1.165) is 11.3 Å². The molecule has 4 aromatic rings. The van der Waals surface area contributed by atoms with Gasteiger partial charge >= 0.3 is 0 Å². The smallest absolute Gasteiger partial charge is 0.243 e. The van der Waals surface area contributed by atoms with Crippen molar-refractivity contribution in [1.82, 2.24) is 4.90 Å². The van der Waals surface area contributed by atoms with Crippen molar-refractivity contribution in [2.24, 2.45) is 10.2 Å². The number of hydrogen-bond acceptors (Lipinski definition) is 8. The Hall–Kier alpha value is -4.57. The Labute approximate surface area is 229 Å². The number of amides is 2. The first kappa shape index (κ1) is 26.1. The van der Waals surface area contributed by atoms with E-state index in [-0.39, 0.29) is 24.8 Å². The van der Waals surface area contributed by atoms with Crippen LogP contribution in [0.1, 0.15) is 24.9 Å². The first-order valence-electron chi connectivity index (χ1n) is 12.4. The Balaban J connectivity index is 1.27. The number of carbonyl (C=O) groups excluding carboxylic acids is 2. The van der Waals surface area contributed by atoms with Crippen molar-refractivity contribution in [3.63, 3.8) is 0 Å². The minimum absolute atomic E-state index is 0.0211. The molecule has 2 aromatic carbocycles. The van der Waals surface area contributed by atoms with Gasteiger partial charge in [0.15, 0.2) is 5.17 Å². The first-order valence-corrected chi connectivity index (χ1v) is 13.3. The zero-order valence-corrected chi connectivity index (χ0v) is 22.0. The lowest BCUT2D eigenvalue weighted by atomic mass is 10.2. The molecular weight excluding hydrogens is 516 g/mol. The second-order valence-electron chi connectivity index (χ2n) is 8.52. The average molecular weight is 543 g/mol. The standard InChI is InChI=1S/C29H26N4O5S/c1-2-36-22-12-10-21(11-13-22)31-27(34)17-26-28(35)33(19-24-9-6-16-37-24)29(39-26)32-30-18-23-14-15-25(38-23)20-7-4-3-5-8-20/h3-16,18,26H,2,17,19H2,1H3,(H,31,34)/b30-18+,32-29-. The predicted molar refractivity (Wildman–Crippen MR) is 151 cm³/mol. The van der Waals surface area contributed by atoms with E-state index < -0.39 is 5.25 Å². The van der Waals surface area contributed by atoms with E-state index in [9.17, 15) is 9.59 Å². The highest BCUT2D eigenvalue weighted by Crippen LogP contribution is 2.31. The Morgan fingerprint density at radius 1 is 1.08 bits per heavy atom. The highest BCUT2D eigenvalue weighted by Gasteiger charge is 2.39. The molecule has 5 rings (SSSR count). The monoisotopic (exact) mass is 542 g/mol. The minimum Gasteiger partial charge on any atom is -0.494 e. The Morgan fingerprint density at radius 2 is 1.90 bits per heavy atom. The van der Waals surface area contributed by atoms with Gasteiger partial charge in [-0.1, -0.05) is 42.1 Å². The largest absolute Gasteiger partial charge is 0.494 e. The summed E-state index contributed by atoms with van der Waals surface area (Å²) in [7, 11) is 0. The summed E-state index contributed by atoms with van der Waals surface area (Å²) >= 11 is 1.19. The molecule has 1 aliphatic rings. The molecule has 2 amide bonds. The molecule has 10 heteroatoms. The topological polar surface area (TPSA) is 110 Å². The van der Waals surface area contributed by atoms with Crippen molar-refractivity contribution in [3.8, 4) is 17.1 Å². The summed E-state index contributed by atoms with van der Waals surface area (Å²) in [5.41, 5.74) is 1.58. The molecule has 0 radical (unpaired) electrons. The Bertz CT molecular complexity index is 1460. The third-order valence-electron chi connectivity index (χ3n) is 5.75. The molecule has 0 bridgehead atoms. The van der Waals surface area contributed by atoms with E-state index in [1.54, 1.807) is 48.7 Å². The quantitative estimate of drug-likeness (QED) is 0.200. The SMILES string of the molecule is CCOc1ccc(NC(=O)CC2S/C(=N\N=C\c3ccc(-c4ccccc4)o3)N(Cc3ccco3)C2=O)cc1. The van der Waals surface area contributed by atoms with Crippen molar-refractivity contribution in [3.05, 3.63) is 96.6 Å². The van der Waals surface area contributed by atoms with Crippen LogP contribution in [0, 0.1) is 0 Å². The maximum Gasteiger partial charge on any atom is 0.243 e. The minimum atomic E-state index is -0.648. The summed E-state index contributed by atoms with van der Waals surface area (Å²) in [5, 5.41) is 11.0. The summed E-state index contributed by atoms with van der Waals surface area (Å²) < 4.78 is 16.7. The molecule has 1 unspecified atom stereocenters. The third-order valence-corrected chi connectivity index (χ3v) is 6.91. The number of anilines is 1. The molecule has 3 heterocycles. The number of benzene rings is 2. The van der Waals surface area contributed by atoms with E-state index in [1.165, 1.54) is 22.9 Å². The van der Waals surface area contributed by atoms with E-state index in [2.05, 4.69) is 15.5 Å². The van der Waals surface area contributed by atoms with Crippen molar-refractivity contribution in [1.29, 1.82) is 0 Å². The third kappa shape index (κ3) is 6.66. The van der Waals surface area contributed by atoms with Gasteiger partial charge in [0.1, 0.15) is 28.3 Å². The number of thioether (sulfide) groups is 1. The molecule has 1 fully saturated rings. The van der Waals surface area contributed by atoms with Gasteiger partial charge in [-0.25, -0.2) is 0 Å². The van der Waals surface area contributed by atoms with Crippen LogP contribution in [-0.2, 0) is 16.1 Å². The molecule has 2 aromatic heterocycles. The van der Waals surface area contributed by atoms with Crippen molar-refractivity contribution >= 4 is 40.6 Å². The van der Waals surface area contributed by atoms with E-state index >= 15 is 0 Å². The van der Waals surface area contributed by atoms with E-state index in [0.29, 0.717) is 34.7 Å².